The van der Waals surface area contributed by atoms with Crippen molar-refractivity contribution in [1.82, 2.24) is 9.97 Å². The van der Waals surface area contributed by atoms with E-state index in [0.717, 1.165) is 11.5 Å². The maximum atomic E-state index is 5.70. The Morgan fingerprint density at radius 2 is 1.95 bits per heavy atom. The zero-order valence-electron chi connectivity index (χ0n) is 11.2. The summed E-state index contributed by atoms with van der Waals surface area (Å²) in [6.07, 6.45) is 3.38. The Bertz CT molecular complexity index is 539. The van der Waals surface area contributed by atoms with Crippen LogP contribution in [-0.4, -0.2) is 22.6 Å². The smallest absolute Gasteiger partial charge is 0.151 e. The van der Waals surface area contributed by atoms with Crippen molar-refractivity contribution >= 4 is 17.3 Å². The number of hydrogen-bond acceptors (Lipinski definition) is 5. The molecule has 0 aliphatic carbocycles. The Morgan fingerprint density at radius 3 is 2.68 bits per heavy atom. The largest absolute Gasteiger partial charge is 0.367 e. The lowest BCUT2D eigenvalue weighted by Crippen LogP contribution is -2.25. The summed E-state index contributed by atoms with van der Waals surface area (Å²) in [6.45, 7) is 4.66. The second kappa shape index (κ2) is 6.15. The Hall–Kier alpha value is -2.14. The van der Waals surface area contributed by atoms with Crippen LogP contribution < -0.4 is 16.4 Å². The van der Waals surface area contributed by atoms with Crippen LogP contribution in [0.4, 0.5) is 17.3 Å². The zero-order chi connectivity index (χ0) is 13.7. The molecule has 5 heteroatoms. The molecular weight excluding hydrogens is 238 g/mol. The van der Waals surface area contributed by atoms with Crippen LogP contribution >= 0.6 is 0 Å². The molecule has 0 aliphatic heterocycles. The number of benzene rings is 1. The van der Waals surface area contributed by atoms with Crippen LogP contribution in [0.5, 0.6) is 0 Å². The maximum absolute atomic E-state index is 5.70. The molecule has 0 aliphatic rings. The summed E-state index contributed by atoms with van der Waals surface area (Å²) < 4.78 is 0. The average Bonchev–Trinajstić information content (AvgIpc) is 2.40. The first kappa shape index (κ1) is 13.3. The molecule has 0 radical (unpaired) electrons. The predicted molar refractivity (Wildman–Crippen MR) is 78.6 cm³/mol. The molecule has 0 amide bonds. The highest BCUT2D eigenvalue weighted by Gasteiger charge is 2.02. The van der Waals surface area contributed by atoms with Crippen molar-refractivity contribution in [2.24, 2.45) is 5.73 Å². The summed E-state index contributed by atoms with van der Waals surface area (Å²) in [5, 5.41) is 6.40. The minimum Gasteiger partial charge on any atom is -0.367 e. The Kier molecular flexibility index (Phi) is 4.30. The summed E-state index contributed by atoms with van der Waals surface area (Å²) in [4.78, 5) is 8.60. The van der Waals surface area contributed by atoms with E-state index in [2.05, 4.69) is 20.6 Å². The van der Waals surface area contributed by atoms with Gasteiger partial charge in [0.15, 0.2) is 5.82 Å². The van der Waals surface area contributed by atoms with Gasteiger partial charge in [0.25, 0.3) is 0 Å². The van der Waals surface area contributed by atoms with Crippen LogP contribution in [0.2, 0.25) is 0 Å². The summed E-state index contributed by atoms with van der Waals surface area (Å²) in [5.41, 5.74) is 7.89. The van der Waals surface area contributed by atoms with Crippen LogP contribution in [0.15, 0.2) is 36.7 Å². The molecule has 0 saturated heterocycles. The lowest BCUT2D eigenvalue weighted by molar-refractivity contribution is 0.777. The van der Waals surface area contributed by atoms with Gasteiger partial charge >= 0.3 is 0 Å². The van der Waals surface area contributed by atoms with Crippen molar-refractivity contribution in [1.29, 1.82) is 0 Å². The minimum atomic E-state index is 0.0785. The number of anilines is 3. The van der Waals surface area contributed by atoms with Gasteiger partial charge in [0, 0.05) is 18.3 Å². The highest BCUT2D eigenvalue weighted by atomic mass is 15.1. The second-order valence-electron chi connectivity index (χ2n) is 4.59. The second-order valence-corrected chi connectivity index (χ2v) is 4.59. The number of nitrogens with two attached hydrogens (primary N) is 1. The van der Waals surface area contributed by atoms with Crippen molar-refractivity contribution in [3.05, 3.63) is 42.2 Å². The molecule has 1 atom stereocenters. The van der Waals surface area contributed by atoms with Crippen LogP contribution in [0, 0.1) is 6.92 Å². The number of para-hydroxylation sites is 1. The van der Waals surface area contributed by atoms with Crippen molar-refractivity contribution in [2.45, 2.75) is 19.9 Å². The van der Waals surface area contributed by atoms with Crippen LogP contribution in [0.1, 0.15) is 12.5 Å². The van der Waals surface area contributed by atoms with E-state index in [1.165, 1.54) is 5.56 Å². The van der Waals surface area contributed by atoms with Gasteiger partial charge in [-0.3, -0.25) is 4.98 Å². The molecule has 0 bridgehead atoms. The van der Waals surface area contributed by atoms with Gasteiger partial charge in [-0.1, -0.05) is 18.2 Å². The fraction of sp³-hybridized carbons (Fsp3) is 0.286. The lowest BCUT2D eigenvalue weighted by Gasteiger charge is -2.11. The van der Waals surface area contributed by atoms with Gasteiger partial charge in [0.05, 0.1) is 12.4 Å². The molecule has 2 aromatic rings. The Labute approximate surface area is 113 Å². The molecule has 1 aromatic heterocycles. The molecule has 2 rings (SSSR count). The SMILES string of the molecule is Cc1ccccc1Nc1cncc(NCC(C)N)n1. The van der Waals surface area contributed by atoms with Gasteiger partial charge in [-0.15, -0.1) is 0 Å². The molecule has 4 N–H and O–H groups in total. The van der Waals surface area contributed by atoms with E-state index in [4.69, 9.17) is 5.73 Å². The molecule has 1 unspecified atom stereocenters. The first-order valence-corrected chi connectivity index (χ1v) is 6.29. The van der Waals surface area contributed by atoms with Crippen molar-refractivity contribution in [3.8, 4) is 0 Å². The van der Waals surface area contributed by atoms with Gasteiger partial charge in [-0.25, -0.2) is 4.98 Å². The molecule has 0 saturated carbocycles. The molecule has 19 heavy (non-hydrogen) atoms. The lowest BCUT2D eigenvalue weighted by atomic mass is 10.2. The number of hydrogen-bond donors (Lipinski definition) is 3. The zero-order valence-corrected chi connectivity index (χ0v) is 11.2. The molecule has 100 valence electrons. The van der Waals surface area contributed by atoms with E-state index in [1.807, 2.05) is 38.1 Å². The standard InChI is InChI=1S/C14H19N5/c1-10-5-3-4-6-12(10)18-14-9-16-8-13(19-14)17-7-11(2)15/h3-6,8-9,11H,7,15H2,1-2H3,(H2,17,18,19). The van der Waals surface area contributed by atoms with E-state index in [9.17, 15) is 0 Å². The number of aromatic nitrogens is 2. The van der Waals surface area contributed by atoms with Crippen molar-refractivity contribution in [3.63, 3.8) is 0 Å². The minimum absolute atomic E-state index is 0.0785. The fourth-order valence-electron chi connectivity index (χ4n) is 1.63. The van der Waals surface area contributed by atoms with Gasteiger partial charge in [0.1, 0.15) is 5.82 Å². The van der Waals surface area contributed by atoms with Gasteiger partial charge in [-0.05, 0) is 25.5 Å². The summed E-state index contributed by atoms with van der Waals surface area (Å²) in [6, 6.07) is 8.13. The molecule has 1 heterocycles. The van der Waals surface area contributed by atoms with Gasteiger partial charge in [-0.2, -0.15) is 0 Å². The Morgan fingerprint density at radius 1 is 1.21 bits per heavy atom. The molecule has 0 fully saturated rings. The number of nitrogens with zero attached hydrogens (tertiary/aromatic N) is 2. The number of nitrogens with one attached hydrogen (secondary N) is 2. The monoisotopic (exact) mass is 257 g/mol. The molecule has 1 aromatic carbocycles. The topological polar surface area (TPSA) is 75.9 Å². The molecular formula is C14H19N5. The van der Waals surface area contributed by atoms with Crippen LogP contribution in [0.25, 0.3) is 0 Å². The van der Waals surface area contributed by atoms with Crippen LogP contribution in [-0.2, 0) is 0 Å². The predicted octanol–water partition coefficient (Wildman–Crippen LogP) is 2.29. The summed E-state index contributed by atoms with van der Waals surface area (Å²) in [7, 11) is 0. The summed E-state index contributed by atoms with van der Waals surface area (Å²) >= 11 is 0. The first-order valence-electron chi connectivity index (χ1n) is 6.29. The number of rotatable bonds is 5. The third-order valence-electron chi connectivity index (χ3n) is 2.65. The van der Waals surface area contributed by atoms with E-state index < -0.39 is 0 Å². The quantitative estimate of drug-likeness (QED) is 0.766. The van der Waals surface area contributed by atoms with Gasteiger partial charge < -0.3 is 16.4 Å². The van der Waals surface area contributed by atoms with E-state index in [1.54, 1.807) is 12.4 Å². The van der Waals surface area contributed by atoms with Crippen LogP contribution in [0.3, 0.4) is 0 Å². The molecule has 5 nitrogen and oxygen atoms in total. The third-order valence-corrected chi connectivity index (χ3v) is 2.65. The maximum Gasteiger partial charge on any atom is 0.151 e. The first-order chi connectivity index (χ1) is 9.15. The normalized spacial score (nSPS) is 11.9. The average molecular weight is 257 g/mol. The highest BCUT2D eigenvalue weighted by molar-refractivity contribution is 5.60. The fourth-order valence-corrected chi connectivity index (χ4v) is 1.63. The van der Waals surface area contributed by atoms with E-state index in [-0.39, 0.29) is 6.04 Å². The van der Waals surface area contributed by atoms with Crippen molar-refractivity contribution < 1.29 is 0 Å². The van der Waals surface area contributed by atoms with Gasteiger partial charge in [0.2, 0.25) is 0 Å². The van der Waals surface area contributed by atoms with Crippen molar-refractivity contribution in [2.75, 3.05) is 17.2 Å². The van der Waals surface area contributed by atoms with E-state index >= 15 is 0 Å². The third kappa shape index (κ3) is 3.93. The summed E-state index contributed by atoms with van der Waals surface area (Å²) in [5.74, 6) is 1.43. The Balaban J connectivity index is 2.09. The van der Waals surface area contributed by atoms with E-state index in [0.29, 0.717) is 12.4 Å². The molecule has 0 spiro atoms. The number of aryl methyl sites for hydroxylation is 1. The highest BCUT2D eigenvalue weighted by Crippen LogP contribution is 2.18.